The zero-order valence-electron chi connectivity index (χ0n) is 11.7. The molecule has 19 heavy (non-hydrogen) atoms. The maximum atomic E-state index is 5.90. The number of hydrogen-bond acceptors (Lipinski definition) is 2. The smallest absolute Gasteiger partial charge is 0.191 e. The Bertz CT molecular complexity index is 353. The van der Waals surface area contributed by atoms with Gasteiger partial charge in [-0.15, -0.1) is 35.7 Å². The van der Waals surface area contributed by atoms with Crippen LogP contribution in [0.25, 0.3) is 0 Å². The van der Waals surface area contributed by atoms with Gasteiger partial charge in [0.15, 0.2) is 5.96 Å². The van der Waals surface area contributed by atoms with Crippen LogP contribution >= 0.6 is 35.7 Å². The van der Waals surface area contributed by atoms with Gasteiger partial charge in [0.1, 0.15) is 0 Å². The number of hydrogen-bond donors (Lipinski definition) is 1. The molecule has 0 aliphatic carbocycles. The Hall–Kier alpha value is -0.430. The Balaban J connectivity index is 0.00000324. The van der Waals surface area contributed by atoms with E-state index >= 15 is 0 Å². The number of benzene rings is 1. The topological polar surface area (TPSA) is 41.6 Å². The third-order valence-corrected chi connectivity index (χ3v) is 3.77. The number of thioether (sulfide) groups is 1. The van der Waals surface area contributed by atoms with E-state index in [9.17, 15) is 0 Å². The maximum absolute atomic E-state index is 5.90. The highest BCUT2D eigenvalue weighted by atomic mass is 127. The molecule has 108 valence electrons. The Kier molecular flexibility index (Phi) is 11.1. The van der Waals surface area contributed by atoms with Crippen molar-refractivity contribution in [1.82, 2.24) is 4.90 Å². The van der Waals surface area contributed by atoms with Crippen LogP contribution in [0, 0.1) is 0 Å². The summed E-state index contributed by atoms with van der Waals surface area (Å²) < 4.78 is 0. The van der Waals surface area contributed by atoms with E-state index < -0.39 is 0 Å². The molecule has 0 saturated heterocycles. The number of aliphatic imine (C=N–C) groups is 1. The molecule has 0 atom stereocenters. The van der Waals surface area contributed by atoms with Gasteiger partial charge >= 0.3 is 0 Å². The van der Waals surface area contributed by atoms with Gasteiger partial charge in [0.25, 0.3) is 0 Å². The molecule has 0 aliphatic rings. The van der Waals surface area contributed by atoms with Crippen LogP contribution in [-0.2, 0) is 0 Å². The molecule has 0 fully saturated rings. The van der Waals surface area contributed by atoms with Gasteiger partial charge in [-0.3, -0.25) is 4.99 Å². The van der Waals surface area contributed by atoms with E-state index in [0.717, 1.165) is 31.8 Å². The number of rotatable bonds is 7. The molecule has 5 heteroatoms. The largest absolute Gasteiger partial charge is 0.370 e. The maximum Gasteiger partial charge on any atom is 0.191 e. The fourth-order valence-corrected chi connectivity index (χ4v) is 2.47. The summed E-state index contributed by atoms with van der Waals surface area (Å²) in [5, 5.41) is 0. The molecule has 0 aromatic heterocycles. The molecule has 0 unspecified atom stereocenters. The number of nitrogens with two attached hydrogens (primary N) is 1. The molecule has 0 amide bonds. The quantitative estimate of drug-likeness (QED) is 0.254. The van der Waals surface area contributed by atoms with Crippen molar-refractivity contribution in [3.8, 4) is 0 Å². The van der Waals surface area contributed by atoms with Gasteiger partial charge in [-0.25, -0.2) is 0 Å². The minimum atomic E-state index is 0. The number of guanidine groups is 1. The fraction of sp³-hybridized carbons (Fsp3) is 0.500. The van der Waals surface area contributed by atoms with Gasteiger partial charge in [-0.05, 0) is 38.2 Å². The molecule has 0 saturated carbocycles. The standard InChI is InChI=1S/C14H23N3S.HI/c1-3-17(4-2)14(15)16-11-8-12-18-13-9-6-5-7-10-13;/h5-7,9-10H,3-4,8,11-12H2,1-2H3,(H2,15,16);1H. The molecule has 0 radical (unpaired) electrons. The molecule has 1 aromatic carbocycles. The minimum Gasteiger partial charge on any atom is -0.370 e. The monoisotopic (exact) mass is 393 g/mol. The van der Waals surface area contributed by atoms with Crippen molar-refractivity contribution >= 4 is 41.7 Å². The van der Waals surface area contributed by atoms with Gasteiger partial charge in [0, 0.05) is 24.5 Å². The van der Waals surface area contributed by atoms with Crippen LogP contribution in [0.5, 0.6) is 0 Å². The zero-order chi connectivity index (χ0) is 13.2. The van der Waals surface area contributed by atoms with Gasteiger partial charge in [0.05, 0.1) is 0 Å². The highest BCUT2D eigenvalue weighted by Crippen LogP contribution is 2.17. The first-order valence-corrected chi connectivity index (χ1v) is 7.49. The summed E-state index contributed by atoms with van der Waals surface area (Å²) in [6, 6.07) is 10.5. The summed E-state index contributed by atoms with van der Waals surface area (Å²) in [6.45, 7) is 6.84. The summed E-state index contributed by atoms with van der Waals surface area (Å²) in [7, 11) is 0. The molecule has 0 spiro atoms. The van der Waals surface area contributed by atoms with Crippen molar-refractivity contribution in [2.24, 2.45) is 10.7 Å². The second-order valence-corrected chi connectivity index (χ2v) is 5.10. The summed E-state index contributed by atoms with van der Waals surface area (Å²) in [5.74, 6) is 1.75. The molecule has 1 rings (SSSR count). The van der Waals surface area contributed by atoms with Gasteiger partial charge in [0.2, 0.25) is 0 Å². The number of nitrogens with zero attached hydrogens (tertiary/aromatic N) is 2. The lowest BCUT2D eigenvalue weighted by Gasteiger charge is -2.19. The van der Waals surface area contributed by atoms with E-state index in [4.69, 9.17) is 5.73 Å². The summed E-state index contributed by atoms with van der Waals surface area (Å²) in [5.41, 5.74) is 5.90. The molecule has 0 aliphatic heterocycles. The van der Waals surface area contributed by atoms with Crippen molar-refractivity contribution in [3.63, 3.8) is 0 Å². The van der Waals surface area contributed by atoms with E-state index in [2.05, 4.69) is 48.0 Å². The molecule has 1 aromatic rings. The predicted octanol–water partition coefficient (Wildman–Crippen LogP) is 3.44. The third kappa shape index (κ3) is 7.67. The average Bonchev–Trinajstić information content (AvgIpc) is 2.41. The summed E-state index contributed by atoms with van der Waals surface area (Å²) >= 11 is 1.87. The molecular weight excluding hydrogens is 369 g/mol. The van der Waals surface area contributed by atoms with Gasteiger partial charge < -0.3 is 10.6 Å². The summed E-state index contributed by atoms with van der Waals surface area (Å²) in [4.78, 5) is 7.80. The molecule has 2 N–H and O–H groups in total. The van der Waals surface area contributed by atoms with Crippen molar-refractivity contribution < 1.29 is 0 Å². The van der Waals surface area contributed by atoms with Gasteiger partial charge in [-0.2, -0.15) is 0 Å². The first kappa shape index (κ1) is 18.6. The van der Waals surface area contributed by atoms with E-state index in [1.54, 1.807) is 0 Å². The highest BCUT2D eigenvalue weighted by Gasteiger charge is 2.00. The van der Waals surface area contributed by atoms with Crippen molar-refractivity contribution in [2.75, 3.05) is 25.4 Å². The Morgan fingerprint density at radius 1 is 1.21 bits per heavy atom. The lowest BCUT2D eigenvalue weighted by Crippen LogP contribution is -2.37. The second-order valence-electron chi connectivity index (χ2n) is 3.93. The van der Waals surface area contributed by atoms with Crippen LogP contribution in [0.3, 0.4) is 0 Å². The van der Waals surface area contributed by atoms with Gasteiger partial charge in [-0.1, -0.05) is 18.2 Å². The fourth-order valence-electron chi connectivity index (χ4n) is 1.61. The Morgan fingerprint density at radius 3 is 2.42 bits per heavy atom. The lowest BCUT2D eigenvalue weighted by atomic mass is 10.4. The Labute approximate surface area is 138 Å². The lowest BCUT2D eigenvalue weighted by molar-refractivity contribution is 0.458. The molecule has 3 nitrogen and oxygen atoms in total. The normalized spacial score (nSPS) is 10.9. The number of halogens is 1. The third-order valence-electron chi connectivity index (χ3n) is 2.68. The second kappa shape index (κ2) is 11.4. The van der Waals surface area contributed by atoms with Crippen LogP contribution in [0.15, 0.2) is 40.2 Å². The Morgan fingerprint density at radius 2 is 1.84 bits per heavy atom. The zero-order valence-corrected chi connectivity index (χ0v) is 14.9. The van der Waals surface area contributed by atoms with Crippen molar-refractivity contribution in [3.05, 3.63) is 30.3 Å². The SMILES string of the molecule is CCN(CC)C(N)=NCCCSc1ccccc1.I. The molecular formula is C14H24IN3S. The average molecular weight is 393 g/mol. The van der Waals surface area contributed by atoms with Crippen LogP contribution < -0.4 is 5.73 Å². The van der Waals surface area contributed by atoms with Crippen LogP contribution in [0.1, 0.15) is 20.3 Å². The molecule has 0 bridgehead atoms. The first-order chi connectivity index (χ1) is 8.77. The van der Waals surface area contributed by atoms with Crippen molar-refractivity contribution in [2.45, 2.75) is 25.2 Å². The predicted molar refractivity (Wildman–Crippen MR) is 96.6 cm³/mol. The summed E-state index contributed by atoms with van der Waals surface area (Å²) in [6.07, 6.45) is 1.06. The van der Waals surface area contributed by atoms with Crippen LogP contribution in [0.2, 0.25) is 0 Å². The molecule has 0 heterocycles. The van der Waals surface area contributed by atoms with E-state index in [0.29, 0.717) is 5.96 Å². The van der Waals surface area contributed by atoms with Crippen molar-refractivity contribution in [1.29, 1.82) is 0 Å². The highest BCUT2D eigenvalue weighted by molar-refractivity contribution is 14.0. The first-order valence-electron chi connectivity index (χ1n) is 6.50. The van der Waals surface area contributed by atoms with E-state index in [1.165, 1.54) is 4.90 Å². The van der Waals surface area contributed by atoms with Crippen LogP contribution in [0.4, 0.5) is 0 Å². The van der Waals surface area contributed by atoms with E-state index in [-0.39, 0.29) is 24.0 Å². The minimum absolute atomic E-state index is 0. The van der Waals surface area contributed by atoms with E-state index in [1.807, 2.05) is 17.8 Å². The van der Waals surface area contributed by atoms with Crippen LogP contribution in [-0.4, -0.2) is 36.2 Å².